The van der Waals surface area contributed by atoms with Crippen LogP contribution in [0.4, 0.5) is 17.1 Å². The van der Waals surface area contributed by atoms with Crippen molar-refractivity contribution >= 4 is 40.5 Å². The fourth-order valence-electron chi connectivity index (χ4n) is 5.67. The third-order valence-corrected chi connectivity index (χ3v) is 8.73. The lowest BCUT2D eigenvalue weighted by Gasteiger charge is -2.26. The Morgan fingerprint density at radius 1 is 0.947 bits per heavy atom. The van der Waals surface area contributed by atoms with Gasteiger partial charge in [-0.25, -0.2) is 0 Å². The van der Waals surface area contributed by atoms with Crippen molar-refractivity contribution in [1.29, 1.82) is 0 Å². The zero-order valence-electron chi connectivity index (χ0n) is 22.8. The molecule has 0 unspecified atom stereocenters. The van der Waals surface area contributed by atoms with Crippen molar-refractivity contribution in [2.24, 2.45) is 0 Å². The molecule has 38 heavy (non-hydrogen) atoms. The number of para-hydroxylation sites is 1. The molecule has 1 N–H and O–H groups in total. The van der Waals surface area contributed by atoms with E-state index in [1.807, 2.05) is 18.2 Å². The van der Waals surface area contributed by atoms with Crippen molar-refractivity contribution in [1.82, 2.24) is 0 Å². The normalized spacial score (nSPS) is 22.2. The van der Waals surface area contributed by atoms with E-state index >= 15 is 0 Å². The van der Waals surface area contributed by atoms with Gasteiger partial charge < -0.3 is 15.1 Å². The molecule has 1 amide bonds. The third-order valence-electron chi connectivity index (χ3n) is 7.60. The Bertz CT molecular complexity index is 1430. The lowest BCUT2D eigenvalue weighted by Crippen LogP contribution is -2.25. The largest absolute Gasteiger partial charge is 0.344 e. The van der Waals surface area contributed by atoms with E-state index < -0.39 is 0 Å². The Morgan fingerprint density at radius 2 is 1.63 bits per heavy atom. The van der Waals surface area contributed by atoms with Gasteiger partial charge in [-0.05, 0) is 74.7 Å². The molecule has 0 bridgehead atoms. The highest BCUT2D eigenvalue weighted by molar-refractivity contribution is 8.03. The van der Waals surface area contributed by atoms with Crippen LogP contribution in [0.25, 0.3) is 0 Å². The number of likely N-dealkylation sites (N-methyl/N-ethyl adjacent to an activating group) is 1. The summed E-state index contributed by atoms with van der Waals surface area (Å²) in [4.78, 5) is 30.7. The number of hydrogen-bond donors (Lipinski definition) is 1. The maximum absolute atomic E-state index is 13.3. The number of carbonyl (C=O) groups excluding carboxylic acids is 2. The van der Waals surface area contributed by atoms with E-state index in [-0.39, 0.29) is 17.1 Å². The van der Waals surface area contributed by atoms with Gasteiger partial charge in [-0.1, -0.05) is 49.9 Å². The molecule has 1 fully saturated rings. The van der Waals surface area contributed by atoms with Crippen LogP contribution in [0.1, 0.15) is 53.0 Å². The number of Topliss-reactive ketones (excluding diaryl/α,β-unsaturated/α-hetero) is 1. The number of hydrogen-bond acceptors (Lipinski definition) is 5. The lowest BCUT2D eigenvalue weighted by atomic mass is 9.83. The minimum Gasteiger partial charge on any atom is -0.344 e. The monoisotopic (exact) mass is 525 g/mol. The minimum absolute atomic E-state index is 0.0775. The van der Waals surface area contributed by atoms with Gasteiger partial charge in [0.25, 0.3) is 0 Å². The van der Waals surface area contributed by atoms with Gasteiger partial charge in [0.2, 0.25) is 5.91 Å². The molecule has 196 valence electrons. The number of fused-ring (bicyclic) bond motifs is 2. The average molecular weight is 526 g/mol. The van der Waals surface area contributed by atoms with Crippen molar-refractivity contribution in [3.05, 3.63) is 94.2 Å². The Morgan fingerprint density at radius 3 is 2.32 bits per heavy atom. The van der Waals surface area contributed by atoms with Crippen LogP contribution in [0.3, 0.4) is 0 Å². The molecule has 1 saturated carbocycles. The summed E-state index contributed by atoms with van der Waals surface area (Å²) in [6.45, 7) is 11.9. The van der Waals surface area contributed by atoms with Crippen LogP contribution < -0.4 is 15.1 Å². The van der Waals surface area contributed by atoms with Crippen molar-refractivity contribution < 1.29 is 9.59 Å². The smallest absolute Gasteiger partial charge is 0.221 e. The van der Waals surface area contributed by atoms with E-state index in [4.69, 9.17) is 0 Å². The number of amides is 1. The summed E-state index contributed by atoms with van der Waals surface area (Å²) in [6.07, 6.45) is 9.79. The number of rotatable bonds is 5. The third kappa shape index (κ3) is 4.62. The summed E-state index contributed by atoms with van der Waals surface area (Å²) in [5.41, 5.74) is 7.01. The highest BCUT2D eigenvalue weighted by atomic mass is 32.2. The number of ketones is 1. The lowest BCUT2D eigenvalue weighted by molar-refractivity contribution is -0.114. The molecule has 2 aromatic rings. The topological polar surface area (TPSA) is 52.6 Å². The molecule has 5 nitrogen and oxygen atoms in total. The summed E-state index contributed by atoms with van der Waals surface area (Å²) in [6, 6.07) is 14.5. The molecule has 0 aromatic heterocycles. The Hall–Kier alpha value is -3.51. The minimum atomic E-state index is -0.250. The molecular formula is C32H35N3O2S. The zero-order valence-corrected chi connectivity index (χ0v) is 23.6. The summed E-state index contributed by atoms with van der Waals surface area (Å²) >= 11 is 1.76. The van der Waals surface area contributed by atoms with E-state index in [0.717, 1.165) is 59.2 Å². The number of nitrogens with zero attached hydrogens (tertiary/aromatic N) is 2. The predicted molar refractivity (Wildman–Crippen MR) is 159 cm³/mol. The molecule has 2 heterocycles. The summed E-state index contributed by atoms with van der Waals surface area (Å²) in [5.74, 6) is 0.0675. The molecule has 6 heteroatoms. The Balaban J connectivity index is 1.39. The molecule has 1 aliphatic carbocycles. The maximum Gasteiger partial charge on any atom is 0.221 e. The summed E-state index contributed by atoms with van der Waals surface area (Å²) in [5, 5.41) is 4.07. The fourth-order valence-corrected chi connectivity index (χ4v) is 6.80. The number of nitrogens with one attached hydrogen (secondary N) is 1. The van der Waals surface area contributed by atoms with Gasteiger partial charge in [-0.3, -0.25) is 9.59 Å². The number of allylic oxidation sites excluding steroid dienone is 7. The fraction of sp³-hybridized carbons (Fsp3) is 0.312. The summed E-state index contributed by atoms with van der Waals surface area (Å²) < 4.78 is 0. The number of thioether (sulfide) groups is 1. The second-order valence-electron chi connectivity index (χ2n) is 10.4. The number of benzene rings is 2. The molecule has 0 spiro atoms. The first-order chi connectivity index (χ1) is 18.2. The van der Waals surface area contributed by atoms with Gasteiger partial charge in [0.15, 0.2) is 5.78 Å². The van der Waals surface area contributed by atoms with E-state index in [1.54, 1.807) is 11.8 Å². The standard InChI is InChI=1S/C32H35N3O2S/c1-6-34-26-17-16-24(33-21(3)36)20-25(26)32(4,5)29(34)18-14-22-12-13-23(31(22)37)15-19-30-35(7-2)27-10-8-9-11-28(27)38-30/h8-11,14-20H,6-7,12-13H2,1-5H3,(H,33,36)/b22-14+,23-15+,29-18+,30-19-. The first-order valence-electron chi connectivity index (χ1n) is 13.4. The Labute approximate surface area is 230 Å². The van der Waals surface area contributed by atoms with Crippen LogP contribution in [-0.4, -0.2) is 24.8 Å². The summed E-state index contributed by atoms with van der Waals surface area (Å²) in [7, 11) is 0. The van der Waals surface area contributed by atoms with Crippen molar-refractivity contribution in [2.45, 2.75) is 57.8 Å². The number of carbonyl (C=O) groups is 2. The van der Waals surface area contributed by atoms with Crippen molar-refractivity contribution in [3.63, 3.8) is 0 Å². The van der Waals surface area contributed by atoms with E-state index in [1.165, 1.54) is 23.1 Å². The van der Waals surface area contributed by atoms with Crippen LogP contribution in [0.2, 0.25) is 0 Å². The molecule has 3 aliphatic rings. The first-order valence-corrected chi connectivity index (χ1v) is 14.2. The van der Waals surface area contributed by atoms with Crippen LogP contribution in [-0.2, 0) is 15.0 Å². The second-order valence-corrected chi connectivity index (χ2v) is 11.4. The van der Waals surface area contributed by atoms with Gasteiger partial charge in [-0.15, -0.1) is 0 Å². The quantitative estimate of drug-likeness (QED) is 0.414. The highest BCUT2D eigenvalue weighted by Gasteiger charge is 2.39. The van der Waals surface area contributed by atoms with Crippen molar-refractivity contribution in [2.75, 3.05) is 28.2 Å². The predicted octanol–water partition coefficient (Wildman–Crippen LogP) is 7.34. The molecule has 2 aromatic carbocycles. The van der Waals surface area contributed by atoms with Gasteiger partial charge in [-0.2, -0.15) is 0 Å². The van der Waals surface area contributed by atoms with Crippen LogP contribution in [0, 0.1) is 0 Å². The van der Waals surface area contributed by atoms with Crippen LogP contribution in [0.15, 0.2) is 93.5 Å². The molecule has 2 aliphatic heterocycles. The van der Waals surface area contributed by atoms with Gasteiger partial charge in [0.1, 0.15) is 0 Å². The molecule has 0 radical (unpaired) electrons. The van der Waals surface area contributed by atoms with Gasteiger partial charge in [0.05, 0.1) is 10.7 Å². The maximum atomic E-state index is 13.3. The highest BCUT2D eigenvalue weighted by Crippen LogP contribution is 2.49. The van der Waals surface area contributed by atoms with Gasteiger partial charge >= 0.3 is 0 Å². The first kappa shape index (κ1) is 26.1. The molecule has 0 saturated heterocycles. The SMILES string of the molecule is CCN1/C(=C/C=C2\CC/C(=C\C=C3\N(CC)c4ccc(NC(C)=O)cc4C3(C)C)C2=O)Sc2ccccc21. The number of anilines is 3. The van der Waals surface area contributed by atoms with E-state index in [0.29, 0.717) is 0 Å². The average Bonchev–Trinajstić information content (AvgIpc) is 3.50. The van der Waals surface area contributed by atoms with Crippen molar-refractivity contribution in [3.8, 4) is 0 Å². The second kappa shape index (κ2) is 10.3. The van der Waals surface area contributed by atoms with E-state index in [2.05, 4.69) is 91.4 Å². The molecule has 0 atom stereocenters. The van der Waals surface area contributed by atoms with E-state index in [9.17, 15) is 9.59 Å². The van der Waals surface area contributed by atoms with Gasteiger partial charge in [0, 0.05) is 58.5 Å². The Kier molecular flexibility index (Phi) is 7.10. The van der Waals surface area contributed by atoms with Crippen LogP contribution >= 0.6 is 11.8 Å². The molecule has 5 rings (SSSR count). The molecular weight excluding hydrogens is 490 g/mol. The van der Waals surface area contributed by atoms with Crippen LogP contribution in [0.5, 0.6) is 0 Å². The zero-order chi connectivity index (χ0) is 27.0.